The lowest BCUT2D eigenvalue weighted by atomic mass is 9.88. The molecule has 9 heteroatoms. The Morgan fingerprint density at radius 1 is 0.914 bits per heavy atom. The number of rotatable bonds is 8. The van der Waals surface area contributed by atoms with Gasteiger partial charge >= 0.3 is 5.97 Å². The molecule has 0 saturated carbocycles. The van der Waals surface area contributed by atoms with Crippen molar-refractivity contribution < 1.29 is 29.1 Å². The van der Waals surface area contributed by atoms with Crippen LogP contribution in [0.15, 0.2) is 78.0 Å². The fourth-order valence-corrected chi connectivity index (χ4v) is 4.25. The van der Waals surface area contributed by atoms with E-state index in [1.165, 1.54) is 12.1 Å². The summed E-state index contributed by atoms with van der Waals surface area (Å²) >= 11 is 5.92. The van der Waals surface area contributed by atoms with Gasteiger partial charge in [-0.05, 0) is 47.4 Å². The van der Waals surface area contributed by atoms with Crippen LogP contribution in [0.1, 0.15) is 32.7 Å². The molecule has 0 saturated heterocycles. The number of oxime groups is 1. The molecule has 2 unspecified atom stereocenters. The molecule has 2 atom stereocenters. The summed E-state index contributed by atoms with van der Waals surface area (Å²) in [6.45, 7) is -0.243. The number of carboxylic acids is 1. The Kier molecular flexibility index (Phi) is 6.93. The summed E-state index contributed by atoms with van der Waals surface area (Å²) in [4.78, 5) is 37.7. The van der Waals surface area contributed by atoms with Crippen molar-refractivity contribution in [2.75, 3.05) is 6.54 Å². The van der Waals surface area contributed by atoms with Crippen molar-refractivity contribution in [1.29, 1.82) is 0 Å². The van der Waals surface area contributed by atoms with Gasteiger partial charge in [-0.25, -0.2) is 9.18 Å². The normalized spacial score (nSPS) is 15.1. The molecule has 1 heterocycles. The third kappa shape index (κ3) is 4.79. The van der Waals surface area contributed by atoms with Crippen molar-refractivity contribution >= 4 is 35.1 Å². The maximum atomic E-state index is 14.8. The lowest BCUT2D eigenvalue weighted by Gasteiger charge is -2.22. The van der Waals surface area contributed by atoms with Crippen LogP contribution in [0, 0.1) is 5.92 Å². The fraction of sp³-hybridized carbons (Fsp3) is 0.154. The molecule has 178 valence electrons. The van der Waals surface area contributed by atoms with E-state index in [1.807, 2.05) is 12.1 Å². The van der Waals surface area contributed by atoms with Gasteiger partial charge in [-0.1, -0.05) is 65.3 Å². The summed E-state index contributed by atoms with van der Waals surface area (Å²) in [5, 5.41) is 22.8. The first-order chi connectivity index (χ1) is 16.8. The van der Waals surface area contributed by atoms with E-state index in [4.69, 9.17) is 11.6 Å². The standard InChI is InChI=1S/C26H20ClFN2O5/c27-18-11-9-16(10-12-18)15-5-7-17(8-6-15)23(29-35)21(22(28)26(33)34)13-14-30-24(31)19-3-1-2-4-20(19)25(30)32/h1-12,21-22,35H,13-14H2,(H,33,34)/b29-23-. The predicted molar refractivity (Wildman–Crippen MR) is 128 cm³/mol. The molecule has 0 aliphatic carbocycles. The molecule has 0 fully saturated rings. The molecule has 0 aromatic heterocycles. The molecule has 3 aromatic carbocycles. The summed E-state index contributed by atoms with van der Waals surface area (Å²) in [5.41, 5.74) is 2.27. The first-order valence-corrected chi connectivity index (χ1v) is 11.1. The average Bonchev–Trinajstić information content (AvgIpc) is 3.11. The Bertz CT molecular complexity index is 1270. The molecule has 0 spiro atoms. The Balaban J connectivity index is 1.57. The van der Waals surface area contributed by atoms with Crippen LogP contribution in [0.25, 0.3) is 11.1 Å². The van der Waals surface area contributed by atoms with Gasteiger partial charge in [0.1, 0.15) is 0 Å². The minimum atomic E-state index is -2.42. The highest BCUT2D eigenvalue weighted by molar-refractivity contribution is 6.30. The first kappa shape index (κ1) is 24.1. The Hall–Kier alpha value is -4.04. The van der Waals surface area contributed by atoms with Gasteiger partial charge in [0.25, 0.3) is 11.8 Å². The number of amides is 2. The van der Waals surface area contributed by atoms with Crippen LogP contribution in [-0.4, -0.2) is 51.4 Å². The number of carbonyl (C=O) groups is 3. The quantitative estimate of drug-likeness (QED) is 0.200. The maximum Gasteiger partial charge on any atom is 0.339 e. The Morgan fingerprint density at radius 2 is 1.43 bits per heavy atom. The number of benzene rings is 3. The number of hydrogen-bond acceptors (Lipinski definition) is 5. The maximum absolute atomic E-state index is 14.8. The minimum absolute atomic E-state index is 0.195. The fourth-order valence-electron chi connectivity index (χ4n) is 4.13. The first-order valence-electron chi connectivity index (χ1n) is 10.7. The number of aliphatic carboxylic acids is 1. The number of carbonyl (C=O) groups excluding carboxylic acids is 2. The van der Waals surface area contributed by atoms with E-state index in [-0.39, 0.29) is 29.8 Å². The summed E-state index contributed by atoms with van der Waals surface area (Å²) in [7, 11) is 0. The van der Waals surface area contributed by atoms with Crippen LogP contribution in [0.2, 0.25) is 5.02 Å². The highest BCUT2D eigenvalue weighted by atomic mass is 35.5. The zero-order valence-electron chi connectivity index (χ0n) is 18.3. The molecule has 0 bridgehead atoms. The molecular formula is C26H20ClFN2O5. The van der Waals surface area contributed by atoms with Crippen molar-refractivity contribution in [1.82, 2.24) is 4.90 Å². The van der Waals surface area contributed by atoms with Crippen LogP contribution in [0.5, 0.6) is 0 Å². The van der Waals surface area contributed by atoms with E-state index in [0.717, 1.165) is 16.0 Å². The zero-order chi connectivity index (χ0) is 25.1. The number of nitrogens with zero attached hydrogens (tertiary/aromatic N) is 2. The van der Waals surface area contributed by atoms with Crippen molar-refractivity contribution in [3.05, 3.63) is 94.5 Å². The minimum Gasteiger partial charge on any atom is -0.479 e. The summed E-state index contributed by atoms with van der Waals surface area (Å²) in [6.07, 6.45) is -2.68. The van der Waals surface area contributed by atoms with Crippen LogP contribution < -0.4 is 0 Å². The monoisotopic (exact) mass is 494 g/mol. The molecular weight excluding hydrogens is 475 g/mol. The number of fused-ring (bicyclic) bond motifs is 1. The third-order valence-corrected chi connectivity index (χ3v) is 6.20. The average molecular weight is 495 g/mol. The SMILES string of the molecule is O=C(O)C(F)C(CCN1C(=O)c2ccccc2C1=O)/C(=N\O)c1ccc(-c2ccc(Cl)cc2)cc1. The lowest BCUT2D eigenvalue weighted by molar-refractivity contribution is -0.144. The molecule has 3 aromatic rings. The number of carboxylic acid groups (broad SMARTS) is 1. The largest absolute Gasteiger partial charge is 0.479 e. The van der Waals surface area contributed by atoms with Gasteiger partial charge in [-0.2, -0.15) is 0 Å². The smallest absolute Gasteiger partial charge is 0.339 e. The van der Waals surface area contributed by atoms with Crippen molar-refractivity contribution in [3.63, 3.8) is 0 Å². The Labute approximate surface area is 205 Å². The second-order valence-electron chi connectivity index (χ2n) is 8.01. The number of hydrogen-bond donors (Lipinski definition) is 2. The van der Waals surface area contributed by atoms with E-state index < -0.39 is 29.9 Å². The number of imide groups is 1. The van der Waals surface area contributed by atoms with Gasteiger partial charge < -0.3 is 10.3 Å². The highest BCUT2D eigenvalue weighted by Crippen LogP contribution is 2.28. The van der Waals surface area contributed by atoms with Gasteiger partial charge in [0.05, 0.1) is 16.8 Å². The van der Waals surface area contributed by atoms with Crippen LogP contribution in [0.3, 0.4) is 0 Å². The topological polar surface area (TPSA) is 107 Å². The second kappa shape index (κ2) is 10.1. The zero-order valence-corrected chi connectivity index (χ0v) is 19.0. The van der Waals surface area contributed by atoms with Gasteiger partial charge in [0, 0.05) is 17.5 Å². The highest BCUT2D eigenvalue weighted by Gasteiger charge is 2.38. The van der Waals surface area contributed by atoms with Gasteiger partial charge in [-0.3, -0.25) is 14.5 Å². The molecule has 7 nitrogen and oxygen atoms in total. The lowest BCUT2D eigenvalue weighted by Crippen LogP contribution is -2.37. The summed E-state index contributed by atoms with van der Waals surface area (Å²) < 4.78 is 14.8. The summed E-state index contributed by atoms with van der Waals surface area (Å²) in [6, 6.07) is 20.0. The van der Waals surface area contributed by atoms with E-state index >= 15 is 0 Å². The molecule has 2 N–H and O–H groups in total. The van der Waals surface area contributed by atoms with E-state index in [9.17, 15) is 29.1 Å². The van der Waals surface area contributed by atoms with Crippen LogP contribution in [-0.2, 0) is 4.79 Å². The third-order valence-electron chi connectivity index (χ3n) is 5.95. The van der Waals surface area contributed by atoms with E-state index in [2.05, 4.69) is 5.16 Å². The molecule has 2 amide bonds. The molecule has 1 aliphatic heterocycles. The van der Waals surface area contributed by atoms with E-state index in [0.29, 0.717) is 10.6 Å². The summed E-state index contributed by atoms with van der Waals surface area (Å²) in [5.74, 6) is -4.23. The van der Waals surface area contributed by atoms with Crippen molar-refractivity contribution in [2.24, 2.45) is 11.1 Å². The van der Waals surface area contributed by atoms with Crippen molar-refractivity contribution in [2.45, 2.75) is 12.6 Å². The molecule has 35 heavy (non-hydrogen) atoms. The number of halogens is 2. The second-order valence-corrected chi connectivity index (χ2v) is 8.45. The van der Waals surface area contributed by atoms with Crippen LogP contribution in [0.4, 0.5) is 4.39 Å². The van der Waals surface area contributed by atoms with Gasteiger partial charge in [0.15, 0.2) is 0 Å². The predicted octanol–water partition coefficient (Wildman–Crippen LogP) is 4.91. The van der Waals surface area contributed by atoms with Crippen LogP contribution >= 0.6 is 11.6 Å². The molecule has 0 radical (unpaired) electrons. The molecule has 4 rings (SSSR count). The van der Waals surface area contributed by atoms with Gasteiger partial charge in [-0.15, -0.1) is 0 Å². The van der Waals surface area contributed by atoms with Gasteiger partial charge in [0.2, 0.25) is 6.17 Å². The van der Waals surface area contributed by atoms with E-state index in [1.54, 1.807) is 48.5 Å². The molecule has 1 aliphatic rings. The number of alkyl halides is 1. The van der Waals surface area contributed by atoms with Crippen molar-refractivity contribution in [3.8, 4) is 11.1 Å². The Morgan fingerprint density at radius 3 is 1.91 bits per heavy atom.